The lowest BCUT2D eigenvalue weighted by Gasteiger charge is -2.24. The number of para-hydroxylation sites is 1. The molecular formula is C24H31N7O2. The van der Waals surface area contributed by atoms with E-state index in [1.807, 2.05) is 35.8 Å². The Morgan fingerprint density at radius 3 is 2.67 bits per heavy atom. The summed E-state index contributed by atoms with van der Waals surface area (Å²) in [6, 6.07) is 10.0. The first-order chi connectivity index (χ1) is 16.1. The van der Waals surface area contributed by atoms with Gasteiger partial charge in [0.05, 0.1) is 17.8 Å². The molecule has 0 atom stereocenters. The van der Waals surface area contributed by atoms with E-state index < -0.39 is 5.69 Å². The number of hydrogen-bond acceptors (Lipinski definition) is 6. The fourth-order valence-electron chi connectivity index (χ4n) is 4.62. The number of anilines is 1. The Hall–Kier alpha value is -3.38. The molecule has 1 aromatic carbocycles. The number of nitrogens with zero attached hydrogens (tertiary/aromatic N) is 6. The van der Waals surface area contributed by atoms with Crippen molar-refractivity contribution in [1.82, 2.24) is 24.0 Å². The van der Waals surface area contributed by atoms with Gasteiger partial charge in [0.2, 0.25) is 0 Å². The maximum atomic E-state index is 12.6. The summed E-state index contributed by atoms with van der Waals surface area (Å²) < 4.78 is 3.53. The minimum Gasteiger partial charge on any atom is -0.369 e. The lowest BCUT2D eigenvalue weighted by molar-refractivity contribution is 0.274. The molecule has 0 unspecified atom stereocenters. The molecule has 1 N–H and O–H groups in total. The van der Waals surface area contributed by atoms with Crippen molar-refractivity contribution in [2.24, 2.45) is 0 Å². The van der Waals surface area contributed by atoms with E-state index in [0.29, 0.717) is 36.4 Å². The Balaban J connectivity index is 1.60. The van der Waals surface area contributed by atoms with Crippen LogP contribution in [0.1, 0.15) is 44.5 Å². The highest BCUT2D eigenvalue weighted by molar-refractivity contribution is 5.71. The molecule has 0 bridgehead atoms. The Bertz CT molecular complexity index is 1280. The molecule has 9 heteroatoms. The molecule has 9 nitrogen and oxygen atoms in total. The smallest absolute Gasteiger partial charge is 0.330 e. The topological polar surface area (TPSA) is 103 Å². The summed E-state index contributed by atoms with van der Waals surface area (Å²) in [5.74, 6) is 0.805. The third kappa shape index (κ3) is 4.57. The van der Waals surface area contributed by atoms with Gasteiger partial charge in [0.25, 0.3) is 5.56 Å². The first-order valence-corrected chi connectivity index (χ1v) is 11.8. The van der Waals surface area contributed by atoms with Crippen molar-refractivity contribution >= 4 is 16.9 Å². The van der Waals surface area contributed by atoms with E-state index in [-0.39, 0.29) is 5.56 Å². The summed E-state index contributed by atoms with van der Waals surface area (Å²) in [7, 11) is 0. The normalized spacial score (nSPS) is 15.0. The van der Waals surface area contributed by atoms with Gasteiger partial charge >= 0.3 is 5.69 Å². The first-order valence-electron chi connectivity index (χ1n) is 11.8. The number of imidazole rings is 1. The summed E-state index contributed by atoms with van der Waals surface area (Å²) in [5, 5.41) is 9.46. The average molecular weight is 450 g/mol. The predicted molar refractivity (Wildman–Crippen MR) is 128 cm³/mol. The zero-order chi connectivity index (χ0) is 23.4. The third-order valence-corrected chi connectivity index (χ3v) is 6.33. The van der Waals surface area contributed by atoms with Gasteiger partial charge in [0.1, 0.15) is 11.9 Å². The number of hydrogen-bond donors (Lipinski definition) is 1. The summed E-state index contributed by atoms with van der Waals surface area (Å²) >= 11 is 0. The van der Waals surface area contributed by atoms with E-state index in [4.69, 9.17) is 4.98 Å². The molecule has 1 aliphatic rings. The minimum absolute atomic E-state index is 0.376. The number of nitriles is 1. The quantitative estimate of drug-likeness (QED) is 0.594. The standard InChI is InChI=1S/C24H31N7O2/c1-3-5-13-31-22-21(23(32)27-24(31)33)30(4-2)20(26-22)17-28-11-8-12-29(15-14-28)19-10-7-6-9-18(19)16-25/h6-7,9-10H,3-5,8,11-15,17H2,1-2H3,(H,27,32,33). The van der Waals surface area contributed by atoms with E-state index in [2.05, 4.69) is 27.8 Å². The van der Waals surface area contributed by atoms with Crippen LogP contribution in [0, 0.1) is 11.3 Å². The molecule has 0 amide bonds. The van der Waals surface area contributed by atoms with Crippen LogP contribution in [0.25, 0.3) is 11.2 Å². The molecule has 0 spiro atoms. The zero-order valence-electron chi connectivity index (χ0n) is 19.4. The Labute approximate surface area is 192 Å². The monoisotopic (exact) mass is 449 g/mol. The molecule has 0 saturated carbocycles. The van der Waals surface area contributed by atoms with Crippen LogP contribution < -0.4 is 16.1 Å². The van der Waals surface area contributed by atoms with Crippen LogP contribution in [-0.4, -0.2) is 50.2 Å². The molecular weight excluding hydrogens is 418 g/mol. The van der Waals surface area contributed by atoms with Crippen LogP contribution in [-0.2, 0) is 19.6 Å². The van der Waals surface area contributed by atoms with Crippen molar-refractivity contribution in [3.63, 3.8) is 0 Å². The zero-order valence-corrected chi connectivity index (χ0v) is 19.4. The maximum Gasteiger partial charge on any atom is 0.330 e. The minimum atomic E-state index is -0.394. The highest BCUT2D eigenvalue weighted by atomic mass is 16.2. The van der Waals surface area contributed by atoms with Crippen molar-refractivity contribution in [3.05, 3.63) is 56.5 Å². The largest absolute Gasteiger partial charge is 0.369 e. The summed E-state index contributed by atoms with van der Waals surface area (Å²) in [6.45, 7) is 9.25. The van der Waals surface area contributed by atoms with Gasteiger partial charge in [-0.2, -0.15) is 5.26 Å². The van der Waals surface area contributed by atoms with Crippen molar-refractivity contribution < 1.29 is 0 Å². The molecule has 1 fully saturated rings. The number of rotatable bonds is 7. The molecule has 1 aliphatic heterocycles. The highest BCUT2D eigenvalue weighted by Gasteiger charge is 2.22. The molecule has 33 heavy (non-hydrogen) atoms. The number of aromatic amines is 1. The highest BCUT2D eigenvalue weighted by Crippen LogP contribution is 2.22. The van der Waals surface area contributed by atoms with Crippen LogP contribution in [0.15, 0.2) is 33.9 Å². The first kappa shape index (κ1) is 22.8. The molecule has 0 aliphatic carbocycles. The molecule has 0 radical (unpaired) electrons. The van der Waals surface area contributed by atoms with Crippen LogP contribution in [0.4, 0.5) is 5.69 Å². The lowest BCUT2D eigenvalue weighted by Crippen LogP contribution is -2.32. The number of benzene rings is 1. The number of H-pyrrole nitrogens is 1. The van der Waals surface area contributed by atoms with E-state index >= 15 is 0 Å². The third-order valence-electron chi connectivity index (χ3n) is 6.33. The van der Waals surface area contributed by atoms with Gasteiger partial charge in [-0.05, 0) is 31.9 Å². The number of aryl methyl sites for hydroxylation is 2. The lowest BCUT2D eigenvalue weighted by atomic mass is 10.1. The fourth-order valence-corrected chi connectivity index (χ4v) is 4.62. The molecule has 3 aromatic rings. The molecule has 4 rings (SSSR count). The van der Waals surface area contributed by atoms with Gasteiger partial charge < -0.3 is 9.47 Å². The van der Waals surface area contributed by atoms with Crippen molar-refractivity contribution in [1.29, 1.82) is 5.26 Å². The second kappa shape index (κ2) is 10.0. The average Bonchev–Trinajstić information content (AvgIpc) is 3.02. The van der Waals surface area contributed by atoms with E-state index in [0.717, 1.165) is 57.0 Å². The number of nitrogens with one attached hydrogen (secondary N) is 1. The summed E-state index contributed by atoms with van der Waals surface area (Å²) in [4.78, 5) is 37.0. The fraction of sp³-hybridized carbons (Fsp3) is 0.500. The summed E-state index contributed by atoms with van der Waals surface area (Å²) in [6.07, 6.45) is 2.77. The van der Waals surface area contributed by atoms with Crippen molar-refractivity contribution in [3.8, 4) is 6.07 Å². The molecule has 1 saturated heterocycles. The second-order valence-electron chi connectivity index (χ2n) is 8.45. The van der Waals surface area contributed by atoms with Crippen LogP contribution in [0.3, 0.4) is 0 Å². The number of unbranched alkanes of at least 4 members (excludes halogenated alkanes) is 1. The van der Waals surface area contributed by atoms with E-state index in [1.54, 1.807) is 4.57 Å². The predicted octanol–water partition coefficient (Wildman–Crippen LogP) is 2.29. The van der Waals surface area contributed by atoms with Gasteiger partial charge in [0.15, 0.2) is 11.2 Å². The van der Waals surface area contributed by atoms with Crippen LogP contribution >= 0.6 is 0 Å². The summed E-state index contributed by atoms with van der Waals surface area (Å²) in [5.41, 5.74) is 1.86. The second-order valence-corrected chi connectivity index (χ2v) is 8.45. The van der Waals surface area contributed by atoms with Gasteiger partial charge in [-0.25, -0.2) is 9.78 Å². The van der Waals surface area contributed by atoms with Gasteiger partial charge in [-0.3, -0.25) is 19.2 Å². The SMILES string of the molecule is CCCCn1c(=O)[nH]c(=O)c2c1nc(CN1CCCN(c3ccccc3C#N)CC1)n2CC. The molecule has 174 valence electrons. The van der Waals surface area contributed by atoms with Gasteiger partial charge in [-0.15, -0.1) is 0 Å². The number of fused-ring (bicyclic) bond motifs is 1. The van der Waals surface area contributed by atoms with E-state index in [9.17, 15) is 14.9 Å². The Kier molecular flexibility index (Phi) is 6.94. The maximum absolute atomic E-state index is 12.6. The van der Waals surface area contributed by atoms with E-state index in [1.165, 1.54) is 0 Å². The van der Waals surface area contributed by atoms with Gasteiger partial charge in [-0.1, -0.05) is 25.5 Å². The van der Waals surface area contributed by atoms with Gasteiger partial charge in [0, 0.05) is 39.3 Å². The molecule has 2 aromatic heterocycles. The Morgan fingerprint density at radius 1 is 1.09 bits per heavy atom. The van der Waals surface area contributed by atoms with Crippen LogP contribution in [0.5, 0.6) is 0 Å². The van der Waals surface area contributed by atoms with Crippen molar-refractivity contribution in [2.75, 3.05) is 31.1 Å². The van der Waals surface area contributed by atoms with Crippen LogP contribution in [0.2, 0.25) is 0 Å². The molecule has 3 heterocycles. The van der Waals surface area contributed by atoms with Crippen molar-refractivity contribution in [2.45, 2.75) is 52.7 Å². The Morgan fingerprint density at radius 2 is 1.91 bits per heavy atom. The number of aromatic nitrogens is 4.